The van der Waals surface area contributed by atoms with E-state index in [-0.39, 0.29) is 5.91 Å². The van der Waals surface area contributed by atoms with Crippen LogP contribution in [0.15, 0.2) is 18.2 Å². The van der Waals surface area contributed by atoms with Crippen LogP contribution in [-0.4, -0.2) is 31.4 Å². The summed E-state index contributed by atoms with van der Waals surface area (Å²) in [5, 5.41) is 0. The number of hydrogen-bond acceptors (Lipinski definition) is 2. The van der Waals surface area contributed by atoms with Gasteiger partial charge in [-0.05, 0) is 43.1 Å². The highest BCUT2D eigenvalue weighted by atomic mass is 16.2. The zero-order valence-electron chi connectivity index (χ0n) is 9.58. The van der Waals surface area contributed by atoms with Gasteiger partial charge in [0.25, 0.3) is 5.91 Å². The fourth-order valence-electron chi connectivity index (χ4n) is 1.52. The van der Waals surface area contributed by atoms with Crippen molar-refractivity contribution in [3.63, 3.8) is 0 Å². The Kier molecular flexibility index (Phi) is 3.86. The van der Waals surface area contributed by atoms with Crippen molar-refractivity contribution in [2.24, 2.45) is 5.73 Å². The highest BCUT2D eigenvalue weighted by Gasteiger charge is 2.08. The van der Waals surface area contributed by atoms with Gasteiger partial charge in [0.1, 0.15) is 0 Å². The number of nitrogens with zero attached hydrogens (tertiary/aromatic N) is 1. The topological polar surface area (TPSA) is 46.3 Å². The zero-order valence-corrected chi connectivity index (χ0v) is 9.58. The van der Waals surface area contributed by atoms with Crippen molar-refractivity contribution in [2.45, 2.75) is 13.3 Å². The summed E-state index contributed by atoms with van der Waals surface area (Å²) in [4.78, 5) is 13.2. The van der Waals surface area contributed by atoms with E-state index in [0.717, 1.165) is 17.5 Å². The zero-order chi connectivity index (χ0) is 11.4. The fraction of sp³-hybridized carbons (Fsp3) is 0.417. The molecule has 0 bridgehead atoms. The van der Waals surface area contributed by atoms with Gasteiger partial charge in [0.2, 0.25) is 0 Å². The first-order chi connectivity index (χ1) is 7.06. The lowest BCUT2D eigenvalue weighted by molar-refractivity contribution is 0.0827. The van der Waals surface area contributed by atoms with Crippen molar-refractivity contribution in [1.82, 2.24) is 4.90 Å². The lowest BCUT2D eigenvalue weighted by Gasteiger charge is -2.12. The monoisotopic (exact) mass is 206 g/mol. The Hall–Kier alpha value is -1.35. The molecule has 0 heterocycles. The Morgan fingerprint density at radius 2 is 2.07 bits per heavy atom. The fourth-order valence-corrected chi connectivity index (χ4v) is 1.52. The number of nitrogens with two attached hydrogens (primary N) is 1. The number of carbonyl (C=O) groups excluding carboxylic acids is 1. The van der Waals surface area contributed by atoms with Gasteiger partial charge in [-0.15, -0.1) is 0 Å². The third-order valence-electron chi connectivity index (χ3n) is 2.41. The number of benzene rings is 1. The molecule has 0 unspecified atom stereocenters. The van der Waals surface area contributed by atoms with Crippen molar-refractivity contribution in [1.29, 1.82) is 0 Å². The molecule has 0 spiro atoms. The van der Waals surface area contributed by atoms with E-state index in [9.17, 15) is 4.79 Å². The number of carbonyl (C=O) groups is 1. The van der Waals surface area contributed by atoms with Crippen molar-refractivity contribution in [3.05, 3.63) is 34.9 Å². The second-order valence-electron chi connectivity index (χ2n) is 3.88. The first kappa shape index (κ1) is 11.7. The molecular formula is C12H18N2O. The number of amides is 1. The molecule has 0 radical (unpaired) electrons. The van der Waals surface area contributed by atoms with Crippen LogP contribution in [0.5, 0.6) is 0 Å². The second kappa shape index (κ2) is 4.94. The molecule has 1 amide bonds. The Balaban J connectivity index is 2.96. The molecule has 0 atom stereocenters. The van der Waals surface area contributed by atoms with Crippen LogP contribution < -0.4 is 5.73 Å². The molecule has 15 heavy (non-hydrogen) atoms. The molecular weight excluding hydrogens is 188 g/mol. The largest absolute Gasteiger partial charge is 0.345 e. The van der Waals surface area contributed by atoms with Gasteiger partial charge in [0.15, 0.2) is 0 Å². The minimum absolute atomic E-state index is 0.0393. The van der Waals surface area contributed by atoms with E-state index >= 15 is 0 Å². The van der Waals surface area contributed by atoms with Crippen LogP contribution in [0, 0.1) is 6.92 Å². The molecule has 1 rings (SSSR count). The maximum atomic E-state index is 11.7. The summed E-state index contributed by atoms with van der Waals surface area (Å²) in [6, 6.07) is 5.77. The third kappa shape index (κ3) is 2.80. The van der Waals surface area contributed by atoms with Crippen molar-refractivity contribution in [2.75, 3.05) is 20.6 Å². The van der Waals surface area contributed by atoms with Crippen molar-refractivity contribution < 1.29 is 4.79 Å². The van der Waals surface area contributed by atoms with Crippen LogP contribution in [0.3, 0.4) is 0 Å². The standard InChI is InChI=1S/C12H18N2O/c1-9-8-11(12(15)14(2)3)5-4-10(9)6-7-13/h4-5,8H,6-7,13H2,1-3H3. The number of aryl methyl sites for hydroxylation is 1. The summed E-state index contributed by atoms with van der Waals surface area (Å²) in [6.45, 7) is 2.65. The average molecular weight is 206 g/mol. The van der Waals surface area contributed by atoms with E-state index in [4.69, 9.17) is 5.73 Å². The summed E-state index contributed by atoms with van der Waals surface area (Å²) >= 11 is 0. The predicted octanol–water partition coefficient (Wildman–Crippen LogP) is 1.20. The molecule has 3 nitrogen and oxygen atoms in total. The molecule has 2 N–H and O–H groups in total. The van der Waals surface area contributed by atoms with Gasteiger partial charge < -0.3 is 10.6 Å². The highest BCUT2D eigenvalue weighted by Crippen LogP contribution is 2.12. The molecule has 0 aliphatic heterocycles. The summed E-state index contributed by atoms with van der Waals surface area (Å²) in [6.07, 6.45) is 0.863. The molecule has 0 aliphatic rings. The van der Waals surface area contributed by atoms with E-state index < -0.39 is 0 Å². The molecule has 0 aliphatic carbocycles. The summed E-state index contributed by atoms with van der Waals surface area (Å²) < 4.78 is 0. The van der Waals surface area contributed by atoms with Gasteiger partial charge in [0, 0.05) is 19.7 Å². The summed E-state index contributed by atoms with van der Waals surface area (Å²) in [5.74, 6) is 0.0393. The molecule has 1 aromatic rings. The van der Waals surface area contributed by atoms with Crippen molar-refractivity contribution in [3.8, 4) is 0 Å². The lowest BCUT2D eigenvalue weighted by Crippen LogP contribution is -2.21. The first-order valence-corrected chi connectivity index (χ1v) is 5.07. The van der Waals surface area contributed by atoms with Gasteiger partial charge >= 0.3 is 0 Å². The SMILES string of the molecule is Cc1cc(C(=O)N(C)C)ccc1CCN. The number of rotatable bonds is 3. The molecule has 82 valence electrons. The molecule has 0 saturated heterocycles. The normalized spacial score (nSPS) is 10.1. The van der Waals surface area contributed by atoms with Gasteiger partial charge in [-0.1, -0.05) is 6.07 Å². The summed E-state index contributed by atoms with van der Waals surface area (Å²) in [7, 11) is 3.51. The Bertz CT molecular complexity index is 359. The maximum absolute atomic E-state index is 11.7. The Morgan fingerprint density at radius 1 is 1.40 bits per heavy atom. The van der Waals surface area contributed by atoms with Crippen LogP contribution >= 0.6 is 0 Å². The third-order valence-corrected chi connectivity index (χ3v) is 2.41. The van der Waals surface area contributed by atoms with E-state index in [1.54, 1.807) is 19.0 Å². The molecule has 0 saturated carbocycles. The van der Waals surface area contributed by atoms with Crippen LogP contribution in [-0.2, 0) is 6.42 Å². The average Bonchev–Trinajstić information content (AvgIpc) is 2.20. The van der Waals surface area contributed by atoms with Crippen LogP contribution in [0.4, 0.5) is 0 Å². The Morgan fingerprint density at radius 3 is 2.53 bits per heavy atom. The van der Waals surface area contributed by atoms with E-state index in [1.807, 2.05) is 25.1 Å². The molecule has 0 fully saturated rings. The minimum Gasteiger partial charge on any atom is -0.345 e. The van der Waals surface area contributed by atoms with E-state index in [2.05, 4.69) is 0 Å². The molecule has 0 aromatic heterocycles. The quantitative estimate of drug-likeness (QED) is 0.807. The van der Waals surface area contributed by atoms with Gasteiger partial charge in [0.05, 0.1) is 0 Å². The maximum Gasteiger partial charge on any atom is 0.253 e. The van der Waals surface area contributed by atoms with Crippen molar-refractivity contribution >= 4 is 5.91 Å². The lowest BCUT2D eigenvalue weighted by atomic mass is 10.0. The second-order valence-corrected chi connectivity index (χ2v) is 3.88. The van der Waals surface area contributed by atoms with Crippen LogP contribution in [0.1, 0.15) is 21.5 Å². The first-order valence-electron chi connectivity index (χ1n) is 5.07. The molecule has 3 heteroatoms. The molecule has 1 aromatic carbocycles. The minimum atomic E-state index is 0.0393. The smallest absolute Gasteiger partial charge is 0.253 e. The van der Waals surface area contributed by atoms with E-state index in [0.29, 0.717) is 6.54 Å². The van der Waals surface area contributed by atoms with Crippen LogP contribution in [0.25, 0.3) is 0 Å². The number of hydrogen-bond donors (Lipinski definition) is 1. The van der Waals surface area contributed by atoms with Gasteiger partial charge in [-0.3, -0.25) is 4.79 Å². The van der Waals surface area contributed by atoms with Crippen LogP contribution in [0.2, 0.25) is 0 Å². The summed E-state index contributed by atoms with van der Waals surface area (Å²) in [5.41, 5.74) is 8.58. The van der Waals surface area contributed by atoms with Gasteiger partial charge in [-0.2, -0.15) is 0 Å². The predicted molar refractivity (Wildman–Crippen MR) is 62.0 cm³/mol. The van der Waals surface area contributed by atoms with E-state index in [1.165, 1.54) is 5.56 Å². The Labute approximate surface area is 90.9 Å². The highest BCUT2D eigenvalue weighted by molar-refractivity contribution is 5.94. The van der Waals surface area contributed by atoms with Gasteiger partial charge in [-0.25, -0.2) is 0 Å².